The number of hydrogen-bond acceptors (Lipinski definition) is 5. The van der Waals surface area contributed by atoms with Gasteiger partial charge in [-0.2, -0.15) is 0 Å². The summed E-state index contributed by atoms with van der Waals surface area (Å²) in [7, 11) is 0. The van der Waals surface area contributed by atoms with E-state index in [-0.39, 0.29) is 38.0 Å². The molecular formula is C19H16ClNO5. The molecule has 3 rings (SSSR count). The third kappa shape index (κ3) is 3.86. The van der Waals surface area contributed by atoms with Crippen molar-refractivity contribution in [3.8, 4) is 5.75 Å². The Hall–Kier alpha value is -2.86. The Balaban J connectivity index is 1.42. The van der Waals surface area contributed by atoms with E-state index in [4.69, 9.17) is 21.1 Å². The second-order valence-corrected chi connectivity index (χ2v) is 5.96. The van der Waals surface area contributed by atoms with Crippen molar-refractivity contribution < 1.29 is 23.9 Å². The van der Waals surface area contributed by atoms with Crippen molar-refractivity contribution in [3.63, 3.8) is 0 Å². The third-order valence-corrected chi connectivity index (χ3v) is 4.17. The molecule has 0 aromatic heterocycles. The molecule has 6 nitrogen and oxygen atoms in total. The van der Waals surface area contributed by atoms with Gasteiger partial charge in [0.25, 0.3) is 11.8 Å². The van der Waals surface area contributed by atoms with Gasteiger partial charge in [0.1, 0.15) is 19.0 Å². The summed E-state index contributed by atoms with van der Waals surface area (Å²) in [6.45, 7) is 0.186. The van der Waals surface area contributed by atoms with Crippen molar-refractivity contribution in [1.82, 2.24) is 4.90 Å². The lowest BCUT2D eigenvalue weighted by atomic mass is 10.1. The average molecular weight is 374 g/mol. The summed E-state index contributed by atoms with van der Waals surface area (Å²) in [5.41, 5.74) is 0.720. The third-order valence-electron chi connectivity index (χ3n) is 3.86. The Labute approximate surface area is 155 Å². The molecule has 0 atom stereocenters. The van der Waals surface area contributed by atoms with Gasteiger partial charge in [-0.05, 0) is 24.3 Å². The van der Waals surface area contributed by atoms with Gasteiger partial charge in [0, 0.05) is 6.54 Å². The molecule has 1 heterocycles. The van der Waals surface area contributed by atoms with Crippen molar-refractivity contribution in [2.75, 3.05) is 19.8 Å². The summed E-state index contributed by atoms with van der Waals surface area (Å²) in [6.07, 6.45) is -0.0719. The van der Waals surface area contributed by atoms with E-state index >= 15 is 0 Å². The molecule has 1 aliphatic heterocycles. The van der Waals surface area contributed by atoms with Gasteiger partial charge < -0.3 is 9.47 Å². The van der Waals surface area contributed by atoms with E-state index < -0.39 is 5.97 Å². The first-order chi connectivity index (χ1) is 12.6. The normalized spacial score (nSPS) is 12.9. The van der Waals surface area contributed by atoms with E-state index in [1.54, 1.807) is 48.5 Å². The van der Waals surface area contributed by atoms with Gasteiger partial charge in [0.05, 0.1) is 22.6 Å². The minimum absolute atomic E-state index is 0.0173. The molecule has 0 spiro atoms. The molecule has 0 radical (unpaired) electrons. The number of imide groups is 1. The van der Waals surface area contributed by atoms with Crippen molar-refractivity contribution in [1.29, 1.82) is 0 Å². The number of esters is 1. The fourth-order valence-corrected chi connectivity index (χ4v) is 2.78. The Morgan fingerprint density at radius 2 is 1.54 bits per heavy atom. The van der Waals surface area contributed by atoms with Crippen LogP contribution in [0.2, 0.25) is 5.02 Å². The molecule has 26 heavy (non-hydrogen) atoms. The first kappa shape index (κ1) is 17.9. The minimum atomic E-state index is -0.510. The summed E-state index contributed by atoms with van der Waals surface area (Å²) < 4.78 is 10.5. The predicted molar refractivity (Wildman–Crippen MR) is 94.3 cm³/mol. The van der Waals surface area contributed by atoms with Crippen molar-refractivity contribution in [3.05, 3.63) is 64.7 Å². The zero-order valence-corrected chi connectivity index (χ0v) is 14.6. The maximum absolute atomic E-state index is 12.2. The van der Waals surface area contributed by atoms with Crippen molar-refractivity contribution in [2.45, 2.75) is 6.42 Å². The number of halogens is 1. The Bertz CT molecular complexity index is 816. The fraction of sp³-hybridized carbons (Fsp3) is 0.211. The standard InChI is InChI=1S/C19H16ClNO5/c20-15-7-3-4-8-16(15)25-11-12-26-17(22)9-10-21-18(23)13-5-1-2-6-14(13)19(21)24/h1-8H,9-12H2. The quantitative estimate of drug-likeness (QED) is 0.424. The van der Waals surface area contributed by atoms with E-state index in [0.29, 0.717) is 21.9 Å². The van der Waals surface area contributed by atoms with Crippen LogP contribution in [0.5, 0.6) is 5.75 Å². The summed E-state index contributed by atoms with van der Waals surface area (Å²) in [5.74, 6) is -0.776. The van der Waals surface area contributed by atoms with Crippen LogP contribution < -0.4 is 4.74 Å². The lowest BCUT2D eigenvalue weighted by Crippen LogP contribution is -2.32. The van der Waals surface area contributed by atoms with E-state index in [9.17, 15) is 14.4 Å². The molecule has 0 bridgehead atoms. The molecule has 2 aromatic rings. The van der Waals surface area contributed by atoms with Crippen LogP contribution in [0.1, 0.15) is 27.1 Å². The van der Waals surface area contributed by atoms with E-state index in [0.717, 1.165) is 4.90 Å². The maximum Gasteiger partial charge on any atom is 0.307 e. The Morgan fingerprint density at radius 3 is 2.19 bits per heavy atom. The summed E-state index contributed by atoms with van der Waals surface area (Å²) in [6, 6.07) is 13.6. The summed E-state index contributed by atoms with van der Waals surface area (Å²) in [5, 5.41) is 0.476. The number of carbonyl (C=O) groups excluding carboxylic acids is 3. The second-order valence-electron chi connectivity index (χ2n) is 5.56. The van der Waals surface area contributed by atoms with Crippen LogP contribution >= 0.6 is 11.6 Å². The number of amides is 2. The highest BCUT2D eigenvalue weighted by molar-refractivity contribution is 6.32. The molecule has 2 aromatic carbocycles. The van der Waals surface area contributed by atoms with Gasteiger partial charge in [0.2, 0.25) is 0 Å². The highest BCUT2D eigenvalue weighted by Crippen LogP contribution is 2.23. The number of para-hydroxylation sites is 1. The van der Waals surface area contributed by atoms with Gasteiger partial charge in [-0.15, -0.1) is 0 Å². The summed E-state index contributed by atoms with van der Waals surface area (Å²) in [4.78, 5) is 37.3. The molecule has 0 saturated heterocycles. The molecule has 7 heteroatoms. The number of benzene rings is 2. The van der Waals surface area contributed by atoms with Gasteiger partial charge in [-0.25, -0.2) is 0 Å². The monoisotopic (exact) mass is 373 g/mol. The summed E-state index contributed by atoms with van der Waals surface area (Å²) >= 11 is 5.95. The van der Waals surface area contributed by atoms with Crippen LogP contribution in [-0.2, 0) is 9.53 Å². The molecule has 0 unspecified atom stereocenters. The van der Waals surface area contributed by atoms with E-state index in [1.807, 2.05) is 0 Å². The van der Waals surface area contributed by atoms with E-state index in [1.165, 1.54) is 0 Å². The topological polar surface area (TPSA) is 72.9 Å². The highest BCUT2D eigenvalue weighted by atomic mass is 35.5. The van der Waals surface area contributed by atoms with Crippen LogP contribution in [0.3, 0.4) is 0 Å². The van der Waals surface area contributed by atoms with Crippen LogP contribution in [0.25, 0.3) is 0 Å². The number of ether oxygens (including phenoxy) is 2. The number of carbonyl (C=O) groups is 3. The van der Waals surface area contributed by atoms with Gasteiger partial charge in [0.15, 0.2) is 0 Å². The Morgan fingerprint density at radius 1 is 0.923 bits per heavy atom. The maximum atomic E-state index is 12.2. The molecular weight excluding hydrogens is 358 g/mol. The van der Waals surface area contributed by atoms with Crippen LogP contribution in [0, 0.1) is 0 Å². The first-order valence-electron chi connectivity index (χ1n) is 8.06. The number of rotatable bonds is 7. The van der Waals surface area contributed by atoms with Crippen LogP contribution in [0.15, 0.2) is 48.5 Å². The fourth-order valence-electron chi connectivity index (χ4n) is 2.59. The molecule has 2 amide bonds. The molecule has 1 aliphatic rings. The lowest BCUT2D eigenvalue weighted by Gasteiger charge is -2.13. The largest absolute Gasteiger partial charge is 0.488 e. The van der Waals surface area contributed by atoms with Gasteiger partial charge in [-0.1, -0.05) is 35.9 Å². The van der Waals surface area contributed by atoms with Crippen molar-refractivity contribution in [2.24, 2.45) is 0 Å². The smallest absolute Gasteiger partial charge is 0.307 e. The van der Waals surface area contributed by atoms with Crippen LogP contribution in [-0.4, -0.2) is 42.4 Å². The second kappa shape index (κ2) is 8.01. The molecule has 0 fully saturated rings. The minimum Gasteiger partial charge on any atom is -0.488 e. The zero-order valence-electron chi connectivity index (χ0n) is 13.8. The first-order valence-corrected chi connectivity index (χ1v) is 8.44. The van der Waals surface area contributed by atoms with Crippen molar-refractivity contribution >= 4 is 29.4 Å². The van der Waals surface area contributed by atoms with E-state index in [2.05, 4.69) is 0 Å². The molecule has 0 saturated carbocycles. The number of hydrogen-bond donors (Lipinski definition) is 0. The van der Waals surface area contributed by atoms with Gasteiger partial charge >= 0.3 is 5.97 Å². The van der Waals surface area contributed by atoms with Gasteiger partial charge in [-0.3, -0.25) is 19.3 Å². The average Bonchev–Trinajstić information content (AvgIpc) is 2.89. The Kier molecular flexibility index (Phi) is 5.53. The van der Waals surface area contributed by atoms with Crippen LogP contribution in [0.4, 0.5) is 0 Å². The number of nitrogens with zero attached hydrogens (tertiary/aromatic N) is 1. The number of fused-ring (bicyclic) bond motifs is 1. The molecule has 0 aliphatic carbocycles. The predicted octanol–water partition coefficient (Wildman–Crippen LogP) is 2.95. The zero-order chi connectivity index (χ0) is 18.5. The molecule has 0 N–H and O–H groups in total. The molecule has 134 valence electrons. The SMILES string of the molecule is O=C(CCN1C(=O)c2ccccc2C1=O)OCCOc1ccccc1Cl. The lowest BCUT2D eigenvalue weighted by molar-refractivity contribution is -0.144. The highest BCUT2D eigenvalue weighted by Gasteiger charge is 2.35.